The molecule has 0 amide bonds. The van der Waals surface area contributed by atoms with Crippen LogP contribution in [0.25, 0.3) is 0 Å². The molecule has 2 N–H and O–H groups in total. The molecule has 1 unspecified atom stereocenters. The van der Waals surface area contributed by atoms with Gasteiger partial charge in [0.1, 0.15) is 6.10 Å². The van der Waals surface area contributed by atoms with Gasteiger partial charge in [-0.25, -0.2) is 0 Å². The van der Waals surface area contributed by atoms with E-state index in [0.717, 1.165) is 19.6 Å². The Bertz CT molecular complexity index is 375. The summed E-state index contributed by atoms with van der Waals surface area (Å²) in [5.74, 6) is 1.02. The van der Waals surface area contributed by atoms with Crippen molar-refractivity contribution in [3.63, 3.8) is 0 Å². The van der Waals surface area contributed by atoms with E-state index >= 15 is 0 Å². The van der Waals surface area contributed by atoms with Gasteiger partial charge < -0.3 is 19.4 Å². The molecule has 2 bridgehead atoms. The average Bonchev–Trinajstić information content (AvgIpc) is 2.35. The van der Waals surface area contributed by atoms with Crippen LogP contribution < -0.4 is 0 Å². The van der Waals surface area contributed by atoms with Gasteiger partial charge in [-0.1, -0.05) is 5.16 Å². The number of fused-ring (bicyclic) bond motifs is 3. The molecule has 8 heteroatoms. The molecular formula is C11H21N2O5P. The van der Waals surface area contributed by atoms with Crippen LogP contribution in [0, 0.1) is 5.92 Å². The Hall–Kier alpha value is -0.590. The second-order valence-electron chi connectivity index (χ2n) is 4.95. The Morgan fingerprint density at radius 3 is 2.63 bits per heavy atom. The quantitative estimate of drug-likeness (QED) is 0.193. The van der Waals surface area contributed by atoms with Crippen molar-refractivity contribution in [3.8, 4) is 0 Å². The number of rotatable bonds is 5. The molecule has 19 heavy (non-hydrogen) atoms. The number of hydrogen-bond acceptors (Lipinski definition) is 7. The maximum Gasteiger partial charge on any atom is 0.248 e. The second kappa shape index (κ2) is 6.24. The molecule has 110 valence electrons. The highest BCUT2D eigenvalue weighted by molar-refractivity contribution is 7.57. The molecule has 0 aromatic heterocycles. The molecule has 0 aromatic rings. The van der Waals surface area contributed by atoms with Crippen LogP contribution in [0.4, 0.5) is 0 Å². The number of piperidine rings is 3. The maximum absolute atomic E-state index is 8.88. The third-order valence-corrected chi connectivity index (χ3v) is 3.94. The van der Waals surface area contributed by atoms with E-state index in [1.165, 1.54) is 12.8 Å². The molecule has 3 saturated heterocycles. The highest BCUT2D eigenvalue weighted by Gasteiger charge is 2.35. The Balaban J connectivity index is 1.71. The zero-order valence-corrected chi connectivity index (χ0v) is 12.0. The average molecular weight is 292 g/mol. The molecule has 0 spiro atoms. The topological polar surface area (TPSA) is 83.8 Å². The number of oxime groups is 1. The molecule has 0 saturated carbocycles. The molecule has 0 aliphatic carbocycles. The maximum atomic E-state index is 8.88. The fourth-order valence-corrected chi connectivity index (χ4v) is 2.73. The normalized spacial score (nSPS) is 31.3. The van der Waals surface area contributed by atoms with Crippen LogP contribution in [0.1, 0.15) is 19.8 Å². The molecule has 3 rings (SSSR count). The predicted molar refractivity (Wildman–Crippen MR) is 72.7 cm³/mol. The van der Waals surface area contributed by atoms with Crippen molar-refractivity contribution in [2.75, 3.05) is 26.4 Å². The minimum atomic E-state index is -3.51. The number of hydrogen-bond donors (Lipinski definition) is 2. The summed E-state index contributed by atoms with van der Waals surface area (Å²) in [6.45, 7) is 4.61. The molecule has 3 heterocycles. The standard InChI is InChI=1S/C11H21N2O5P/c1-9(12-16-8-17-19(2,14)15)18-11-7-13-5-3-10(11)4-6-13/h10-11,14-15H,2-8H2,1H3. The fourth-order valence-electron chi connectivity index (χ4n) is 2.51. The van der Waals surface area contributed by atoms with E-state index in [2.05, 4.69) is 20.9 Å². The molecule has 1 atom stereocenters. The van der Waals surface area contributed by atoms with Gasteiger partial charge in [0, 0.05) is 13.5 Å². The minimum absolute atomic E-state index is 0.172. The first kappa shape index (κ1) is 14.8. The molecule has 3 aliphatic heterocycles. The summed E-state index contributed by atoms with van der Waals surface area (Å²) < 4.78 is 10.3. The first-order valence-electron chi connectivity index (χ1n) is 6.33. The summed E-state index contributed by atoms with van der Waals surface area (Å²) in [6.07, 6.45) is 5.56. The summed E-state index contributed by atoms with van der Waals surface area (Å²) in [6, 6.07) is 0. The Morgan fingerprint density at radius 2 is 2.11 bits per heavy atom. The third-order valence-electron chi connectivity index (χ3n) is 3.42. The van der Waals surface area contributed by atoms with Crippen molar-refractivity contribution in [2.45, 2.75) is 25.9 Å². The van der Waals surface area contributed by atoms with Crippen LogP contribution in [-0.4, -0.2) is 59.4 Å². The van der Waals surface area contributed by atoms with Gasteiger partial charge in [0.2, 0.25) is 20.3 Å². The van der Waals surface area contributed by atoms with E-state index in [9.17, 15) is 0 Å². The van der Waals surface area contributed by atoms with Crippen molar-refractivity contribution >= 4 is 19.8 Å². The highest BCUT2D eigenvalue weighted by Crippen LogP contribution is 2.34. The summed E-state index contributed by atoms with van der Waals surface area (Å²) in [4.78, 5) is 24.9. The van der Waals surface area contributed by atoms with Gasteiger partial charge in [0.15, 0.2) is 0 Å². The molecular weight excluding hydrogens is 271 g/mol. The first-order chi connectivity index (χ1) is 8.94. The zero-order valence-electron chi connectivity index (χ0n) is 11.1. The van der Waals surface area contributed by atoms with Gasteiger partial charge in [-0.05, 0) is 38.1 Å². The first-order valence-corrected chi connectivity index (χ1v) is 8.13. The summed E-state index contributed by atoms with van der Waals surface area (Å²) in [5, 5.41) is 3.72. The number of nitrogens with zero attached hydrogens (tertiary/aromatic N) is 2. The van der Waals surface area contributed by atoms with Crippen molar-refractivity contribution in [3.05, 3.63) is 0 Å². The lowest BCUT2D eigenvalue weighted by Crippen LogP contribution is -2.51. The summed E-state index contributed by atoms with van der Waals surface area (Å²) in [5.41, 5.74) is 0. The van der Waals surface area contributed by atoms with Gasteiger partial charge in [0.25, 0.3) is 0 Å². The summed E-state index contributed by atoms with van der Waals surface area (Å²) in [7, 11) is -3.51. The van der Waals surface area contributed by atoms with Crippen LogP contribution >= 0.6 is 7.57 Å². The predicted octanol–water partition coefficient (Wildman–Crippen LogP) is 0.600. The Kier molecular flexibility index (Phi) is 4.86. The lowest BCUT2D eigenvalue weighted by molar-refractivity contribution is -0.0264. The highest BCUT2D eigenvalue weighted by atomic mass is 31.2. The van der Waals surface area contributed by atoms with E-state index in [1.807, 2.05) is 0 Å². The Morgan fingerprint density at radius 1 is 1.42 bits per heavy atom. The fraction of sp³-hybridized carbons (Fsp3) is 0.818. The lowest BCUT2D eigenvalue weighted by atomic mass is 9.86. The zero-order chi connectivity index (χ0) is 13.9. The second-order valence-corrected chi connectivity index (χ2v) is 6.53. The SMILES string of the molecule is C=P(O)(O)OCON=C(C)OC1CN2CCC1CC2. The van der Waals surface area contributed by atoms with Crippen molar-refractivity contribution < 1.29 is 23.9 Å². The monoisotopic (exact) mass is 292 g/mol. The molecule has 3 fully saturated rings. The van der Waals surface area contributed by atoms with Gasteiger partial charge in [-0.15, -0.1) is 0 Å². The van der Waals surface area contributed by atoms with E-state index in [4.69, 9.17) is 19.4 Å². The van der Waals surface area contributed by atoms with E-state index in [-0.39, 0.29) is 12.9 Å². The van der Waals surface area contributed by atoms with Crippen LogP contribution in [0.3, 0.4) is 0 Å². The van der Waals surface area contributed by atoms with Crippen LogP contribution in [-0.2, 0) is 14.1 Å². The van der Waals surface area contributed by atoms with Gasteiger partial charge >= 0.3 is 0 Å². The van der Waals surface area contributed by atoms with E-state index in [0.29, 0.717) is 11.8 Å². The van der Waals surface area contributed by atoms with Crippen molar-refractivity contribution in [1.29, 1.82) is 0 Å². The summed E-state index contributed by atoms with van der Waals surface area (Å²) >= 11 is 0. The smallest absolute Gasteiger partial charge is 0.248 e. The van der Waals surface area contributed by atoms with Gasteiger partial charge in [-0.2, -0.15) is 0 Å². The van der Waals surface area contributed by atoms with Crippen molar-refractivity contribution in [1.82, 2.24) is 4.90 Å². The minimum Gasteiger partial charge on any atom is -0.474 e. The molecule has 3 aliphatic rings. The van der Waals surface area contributed by atoms with Crippen molar-refractivity contribution in [2.24, 2.45) is 11.1 Å². The van der Waals surface area contributed by atoms with Crippen LogP contribution in [0.2, 0.25) is 0 Å². The largest absolute Gasteiger partial charge is 0.474 e. The lowest BCUT2D eigenvalue weighted by Gasteiger charge is -2.44. The number of ether oxygens (including phenoxy) is 1. The van der Waals surface area contributed by atoms with Gasteiger partial charge in [0.05, 0.1) is 0 Å². The van der Waals surface area contributed by atoms with E-state index in [1.54, 1.807) is 6.92 Å². The Labute approximate surface area is 113 Å². The molecule has 0 radical (unpaired) electrons. The van der Waals surface area contributed by atoms with Gasteiger partial charge in [-0.3, -0.25) is 9.42 Å². The van der Waals surface area contributed by atoms with Crippen LogP contribution in [0.5, 0.6) is 0 Å². The molecule has 7 nitrogen and oxygen atoms in total. The third kappa shape index (κ3) is 4.78. The van der Waals surface area contributed by atoms with E-state index < -0.39 is 7.57 Å². The molecule has 0 aromatic carbocycles. The van der Waals surface area contributed by atoms with Crippen LogP contribution in [0.15, 0.2) is 5.16 Å².